The Morgan fingerprint density at radius 1 is 1.35 bits per heavy atom. The highest BCUT2D eigenvalue weighted by Crippen LogP contribution is 2.18. The Kier molecular flexibility index (Phi) is 3.54. The molecular weight excluding hydrogens is 212 g/mol. The summed E-state index contributed by atoms with van der Waals surface area (Å²) in [4.78, 5) is 8.84. The summed E-state index contributed by atoms with van der Waals surface area (Å²) in [6.07, 6.45) is 5.61. The number of hydrogen-bond donors (Lipinski definition) is 1. The highest BCUT2D eigenvalue weighted by molar-refractivity contribution is 5.22. The lowest BCUT2D eigenvalue weighted by molar-refractivity contribution is 0.564. The Hall–Kier alpha value is -1.68. The first-order valence-electron chi connectivity index (χ1n) is 5.85. The molecule has 1 unspecified atom stereocenters. The number of imidazole rings is 1. The van der Waals surface area contributed by atoms with Gasteiger partial charge in [0.25, 0.3) is 0 Å². The second-order valence-corrected chi connectivity index (χ2v) is 4.15. The Balaban J connectivity index is 2.39. The van der Waals surface area contributed by atoms with Crippen LogP contribution in [-0.4, -0.2) is 21.1 Å². The van der Waals surface area contributed by atoms with Gasteiger partial charge >= 0.3 is 0 Å². The van der Waals surface area contributed by atoms with Crippen LogP contribution in [0.2, 0.25) is 0 Å². The lowest BCUT2D eigenvalue weighted by atomic mass is 10.1. The van der Waals surface area contributed by atoms with E-state index in [-0.39, 0.29) is 6.04 Å². The number of hydrogen-bond acceptors (Lipinski definition) is 3. The van der Waals surface area contributed by atoms with Crippen LogP contribution in [0, 0.1) is 6.92 Å². The topological polar surface area (TPSA) is 42.7 Å². The van der Waals surface area contributed by atoms with E-state index in [9.17, 15) is 0 Å². The molecule has 2 aromatic rings. The zero-order chi connectivity index (χ0) is 12.3. The van der Waals surface area contributed by atoms with Crippen LogP contribution in [-0.2, 0) is 7.05 Å². The largest absolute Gasteiger partial charge is 0.336 e. The highest BCUT2D eigenvalue weighted by Gasteiger charge is 2.18. The Bertz CT molecular complexity index is 490. The van der Waals surface area contributed by atoms with Gasteiger partial charge in [-0.05, 0) is 31.2 Å². The van der Waals surface area contributed by atoms with Gasteiger partial charge in [-0.25, -0.2) is 4.98 Å². The highest BCUT2D eigenvalue weighted by atomic mass is 15.1. The first-order chi connectivity index (χ1) is 8.22. The minimum absolute atomic E-state index is 0.0555. The summed E-state index contributed by atoms with van der Waals surface area (Å²) in [6, 6.07) is 4.16. The molecule has 2 heterocycles. The molecule has 0 bridgehead atoms. The van der Waals surface area contributed by atoms with E-state index in [1.807, 2.05) is 36.3 Å². The van der Waals surface area contributed by atoms with Gasteiger partial charge in [0.2, 0.25) is 0 Å². The molecule has 1 atom stereocenters. The van der Waals surface area contributed by atoms with Crippen molar-refractivity contribution in [2.75, 3.05) is 6.54 Å². The molecule has 0 fully saturated rings. The van der Waals surface area contributed by atoms with Crippen molar-refractivity contribution in [2.45, 2.75) is 19.9 Å². The minimum atomic E-state index is 0.0555. The lowest BCUT2D eigenvalue weighted by Gasteiger charge is -2.17. The molecular formula is C13H18N4. The molecule has 0 aliphatic heterocycles. The van der Waals surface area contributed by atoms with Gasteiger partial charge in [0.15, 0.2) is 0 Å². The summed E-state index contributed by atoms with van der Waals surface area (Å²) < 4.78 is 2.03. The maximum atomic E-state index is 4.44. The maximum absolute atomic E-state index is 4.44. The fourth-order valence-corrected chi connectivity index (χ4v) is 1.90. The molecule has 0 amide bonds. The van der Waals surface area contributed by atoms with Crippen LogP contribution in [0.3, 0.4) is 0 Å². The number of nitrogens with one attached hydrogen (secondary N) is 1. The third kappa shape index (κ3) is 2.53. The molecule has 4 heteroatoms. The third-order valence-corrected chi connectivity index (χ3v) is 2.76. The summed E-state index contributed by atoms with van der Waals surface area (Å²) in [7, 11) is 2.00. The number of rotatable bonds is 4. The predicted octanol–water partition coefficient (Wildman–Crippen LogP) is 1.82. The lowest BCUT2D eigenvalue weighted by Crippen LogP contribution is -2.25. The predicted molar refractivity (Wildman–Crippen MR) is 67.7 cm³/mol. The molecule has 0 spiro atoms. The average Bonchev–Trinajstić information content (AvgIpc) is 2.72. The molecule has 0 saturated heterocycles. The van der Waals surface area contributed by atoms with Crippen molar-refractivity contribution in [1.29, 1.82) is 0 Å². The van der Waals surface area contributed by atoms with E-state index in [4.69, 9.17) is 0 Å². The van der Waals surface area contributed by atoms with Crippen LogP contribution in [0.1, 0.15) is 30.0 Å². The summed E-state index contributed by atoms with van der Waals surface area (Å²) in [5.74, 6) is 0.991. The van der Waals surface area contributed by atoms with E-state index in [0.717, 1.165) is 18.1 Å². The molecule has 0 aromatic carbocycles. The van der Waals surface area contributed by atoms with Crippen molar-refractivity contribution in [3.05, 3.63) is 47.8 Å². The zero-order valence-corrected chi connectivity index (χ0v) is 10.5. The molecule has 90 valence electrons. The zero-order valence-electron chi connectivity index (χ0n) is 10.5. The summed E-state index contributed by atoms with van der Waals surface area (Å²) in [6.45, 7) is 5.05. The van der Waals surface area contributed by atoms with Gasteiger partial charge in [0, 0.05) is 25.6 Å². The van der Waals surface area contributed by atoms with Gasteiger partial charge in [-0.3, -0.25) is 4.98 Å². The van der Waals surface area contributed by atoms with Crippen LogP contribution in [0.25, 0.3) is 0 Å². The molecule has 2 aromatic heterocycles. The van der Waals surface area contributed by atoms with Crippen molar-refractivity contribution >= 4 is 0 Å². The van der Waals surface area contributed by atoms with E-state index in [1.54, 1.807) is 0 Å². The smallest absolute Gasteiger partial charge is 0.131 e. The standard InChI is InChI=1S/C13H18N4/c1-4-14-12(13-16-7-8-17(13)3)11-9-10(2)5-6-15-11/h5-9,12,14H,4H2,1-3H3. The summed E-state index contributed by atoms with van der Waals surface area (Å²) in [5, 5.41) is 3.42. The Labute approximate surface area is 102 Å². The number of aromatic nitrogens is 3. The van der Waals surface area contributed by atoms with E-state index in [0.29, 0.717) is 0 Å². The van der Waals surface area contributed by atoms with Gasteiger partial charge in [-0.15, -0.1) is 0 Å². The van der Waals surface area contributed by atoms with Gasteiger partial charge in [-0.2, -0.15) is 0 Å². The first-order valence-corrected chi connectivity index (χ1v) is 5.85. The second kappa shape index (κ2) is 5.10. The van der Waals surface area contributed by atoms with E-state index >= 15 is 0 Å². The summed E-state index contributed by atoms with van der Waals surface area (Å²) >= 11 is 0. The first kappa shape index (κ1) is 11.8. The van der Waals surface area contributed by atoms with Gasteiger partial charge in [-0.1, -0.05) is 6.92 Å². The number of aryl methyl sites for hydroxylation is 2. The molecule has 0 aliphatic rings. The fourth-order valence-electron chi connectivity index (χ4n) is 1.90. The van der Waals surface area contributed by atoms with Gasteiger partial charge in [0.1, 0.15) is 11.9 Å². The Morgan fingerprint density at radius 2 is 2.18 bits per heavy atom. The van der Waals surface area contributed by atoms with Gasteiger partial charge < -0.3 is 9.88 Å². The average molecular weight is 230 g/mol. The monoisotopic (exact) mass is 230 g/mol. The van der Waals surface area contributed by atoms with E-state index < -0.39 is 0 Å². The molecule has 0 saturated carbocycles. The summed E-state index contributed by atoms with van der Waals surface area (Å²) in [5.41, 5.74) is 2.23. The number of pyridine rings is 1. The van der Waals surface area contributed by atoms with E-state index in [1.165, 1.54) is 5.56 Å². The van der Waals surface area contributed by atoms with Crippen molar-refractivity contribution < 1.29 is 0 Å². The maximum Gasteiger partial charge on any atom is 0.131 e. The second-order valence-electron chi connectivity index (χ2n) is 4.15. The molecule has 2 rings (SSSR count). The van der Waals surface area contributed by atoms with Crippen LogP contribution in [0.15, 0.2) is 30.7 Å². The minimum Gasteiger partial charge on any atom is -0.336 e. The van der Waals surface area contributed by atoms with Crippen molar-refractivity contribution in [3.63, 3.8) is 0 Å². The van der Waals surface area contributed by atoms with Crippen molar-refractivity contribution in [3.8, 4) is 0 Å². The SMILES string of the molecule is CCNC(c1cc(C)ccn1)c1nccn1C. The van der Waals surface area contributed by atoms with Crippen LogP contribution in [0.5, 0.6) is 0 Å². The molecule has 4 nitrogen and oxygen atoms in total. The Morgan fingerprint density at radius 3 is 2.76 bits per heavy atom. The molecule has 0 radical (unpaired) electrons. The molecule has 0 aliphatic carbocycles. The van der Waals surface area contributed by atoms with E-state index in [2.05, 4.69) is 35.2 Å². The fraction of sp³-hybridized carbons (Fsp3) is 0.385. The van der Waals surface area contributed by atoms with Crippen molar-refractivity contribution in [1.82, 2.24) is 19.9 Å². The number of nitrogens with zero attached hydrogens (tertiary/aromatic N) is 3. The quantitative estimate of drug-likeness (QED) is 0.871. The normalized spacial score (nSPS) is 12.6. The van der Waals surface area contributed by atoms with Gasteiger partial charge in [0.05, 0.1) is 5.69 Å². The van der Waals surface area contributed by atoms with Crippen molar-refractivity contribution in [2.24, 2.45) is 7.05 Å². The molecule has 1 N–H and O–H groups in total. The van der Waals surface area contributed by atoms with Crippen LogP contribution in [0.4, 0.5) is 0 Å². The third-order valence-electron chi connectivity index (χ3n) is 2.76. The van der Waals surface area contributed by atoms with Crippen LogP contribution >= 0.6 is 0 Å². The molecule has 17 heavy (non-hydrogen) atoms. The van der Waals surface area contributed by atoms with Crippen LogP contribution < -0.4 is 5.32 Å².